The van der Waals surface area contributed by atoms with Gasteiger partial charge in [-0.3, -0.25) is 4.79 Å². The lowest BCUT2D eigenvalue weighted by Crippen LogP contribution is -2.19. The highest BCUT2D eigenvalue weighted by Crippen LogP contribution is 2.38. The van der Waals surface area contributed by atoms with Crippen LogP contribution in [0.15, 0.2) is 46.3 Å². The van der Waals surface area contributed by atoms with Crippen LogP contribution in [0.3, 0.4) is 0 Å². The van der Waals surface area contributed by atoms with E-state index in [1.807, 2.05) is 0 Å². The average Bonchev–Trinajstić information content (AvgIpc) is 3.06. The van der Waals surface area contributed by atoms with E-state index in [2.05, 4.69) is 15.0 Å². The minimum absolute atomic E-state index is 0.189. The van der Waals surface area contributed by atoms with Gasteiger partial charge in [0.05, 0.1) is 29.8 Å². The molecular weight excluding hydrogens is 435 g/mol. The first-order valence-electron chi connectivity index (χ1n) is 8.52. The highest BCUT2D eigenvalue weighted by atomic mass is 35.5. The molecule has 0 aliphatic carbocycles. The van der Waals surface area contributed by atoms with E-state index in [9.17, 15) is 14.0 Å². The van der Waals surface area contributed by atoms with Crippen molar-refractivity contribution in [2.75, 3.05) is 20.8 Å². The normalized spacial score (nSPS) is 15.9. The number of hydrogen-bond donors (Lipinski definition) is 1. The van der Waals surface area contributed by atoms with Gasteiger partial charge < -0.3 is 19.5 Å². The summed E-state index contributed by atoms with van der Waals surface area (Å²) in [5.41, 5.74) is 1.10. The largest absolute Gasteiger partial charge is 0.493 e. The van der Waals surface area contributed by atoms with Gasteiger partial charge in [0, 0.05) is 0 Å². The lowest BCUT2D eigenvalue weighted by molar-refractivity contribution is -0.142. The van der Waals surface area contributed by atoms with Crippen molar-refractivity contribution < 1.29 is 28.2 Å². The molecule has 1 saturated heterocycles. The number of carbonyl (C=O) groups is 2. The first-order valence-corrected chi connectivity index (χ1v) is 9.71. The van der Waals surface area contributed by atoms with Crippen LogP contribution in [-0.4, -0.2) is 37.9 Å². The number of ether oxygens (including phenoxy) is 3. The van der Waals surface area contributed by atoms with Gasteiger partial charge in [-0.05, 0) is 59.8 Å². The third kappa shape index (κ3) is 5.31. The fourth-order valence-electron chi connectivity index (χ4n) is 2.42. The summed E-state index contributed by atoms with van der Waals surface area (Å²) in [6.45, 7) is -0.325. The first-order chi connectivity index (χ1) is 14.4. The second kappa shape index (κ2) is 9.64. The van der Waals surface area contributed by atoms with E-state index in [1.54, 1.807) is 18.2 Å². The molecule has 2 aromatic carbocycles. The highest BCUT2D eigenvalue weighted by Gasteiger charge is 2.24. The summed E-state index contributed by atoms with van der Waals surface area (Å²) in [5.74, 6) is -0.781. The van der Waals surface area contributed by atoms with Crippen molar-refractivity contribution in [3.05, 3.63) is 57.7 Å². The quantitative estimate of drug-likeness (QED) is 0.530. The highest BCUT2D eigenvalue weighted by molar-refractivity contribution is 8.18. The van der Waals surface area contributed by atoms with Gasteiger partial charge in [-0.2, -0.15) is 0 Å². The molecule has 1 aliphatic rings. The molecular formula is C20H16ClFN2O5S. The van der Waals surface area contributed by atoms with Gasteiger partial charge in [0.15, 0.2) is 23.3 Å². The second-order valence-corrected chi connectivity index (χ2v) is 7.29. The molecule has 30 heavy (non-hydrogen) atoms. The van der Waals surface area contributed by atoms with Gasteiger partial charge in [-0.15, -0.1) is 0 Å². The van der Waals surface area contributed by atoms with Crippen LogP contribution in [-0.2, 0) is 14.3 Å². The number of hydrogen-bond acceptors (Lipinski definition) is 7. The molecule has 2 aromatic rings. The van der Waals surface area contributed by atoms with Crippen LogP contribution >= 0.6 is 23.4 Å². The van der Waals surface area contributed by atoms with Crippen molar-refractivity contribution >= 4 is 52.2 Å². The van der Waals surface area contributed by atoms with E-state index in [-0.39, 0.29) is 29.1 Å². The predicted octanol–water partition coefficient (Wildman–Crippen LogP) is 3.93. The Hall–Kier alpha value is -3.04. The van der Waals surface area contributed by atoms with Crippen LogP contribution < -0.4 is 14.8 Å². The molecule has 0 unspecified atom stereocenters. The molecule has 10 heteroatoms. The number of aliphatic imine (C=N–C) groups is 1. The van der Waals surface area contributed by atoms with E-state index < -0.39 is 5.97 Å². The van der Waals surface area contributed by atoms with Crippen LogP contribution in [0.1, 0.15) is 5.56 Å². The second-order valence-electron chi connectivity index (χ2n) is 5.86. The van der Waals surface area contributed by atoms with Gasteiger partial charge in [-0.1, -0.05) is 11.6 Å². The zero-order valence-corrected chi connectivity index (χ0v) is 17.5. The molecule has 1 heterocycles. The maximum absolute atomic E-state index is 13.0. The van der Waals surface area contributed by atoms with Crippen LogP contribution in [0.2, 0.25) is 5.02 Å². The third-order valence-corrected chi connectivity index (χ3v) is 5.01. The molecule has 7 nitrogen and oxygen atoms in total. The molecule has 1 aliphatic heterocycles. The predicted molar refractivity (Wildman–Crippen MR) is 113 cm³/mol. The van der Waals surface area contributed by atoms with Gasteiger partial charge in [-0.25, -0.2) is 14.2 Å². The minimum atomic E-state index is -0.564. The van der Waals surface area contributed by atoms with Gasteiger partial charge >= 0.3 is 5.97 Å². The number of benzene rings is 2. The molecule has 1 N–H and O–H groups in total. The third-order valence-electron chi connectivity index (χ3n) is 3.82. The molecule has 156 valence electrons. The van der Waals surface area contributed by atoms with E-state index in [1.165, 1.54) is 38.5 Å². The lowest BCUT2D eigenvalue weighted by atomic mass is 10.2. The number of esters is 1. The summed E-state index contributed by atoms with van der Waals surface area (Å²) in [6, 6.07) is 8.79. The Morgan fingerprint density at radius 2 is 2.00 bits per heavy atom. The summed E-state index contributed by atoms with van der Waals surface area (Å²) >= 11 is 7.40. The summed E-state index contributed by atoms with van der Waals surface area (Å²) < 4.78 is 28.2. The van der Waals surface area contributed by atoms with Crippen molar-refractivity contribution in [1.29, 1.82) is 0 Å². The number of rotatable bonds is 6. The number of nitrogens with zero attached hydrogens (tertiary/aromatic N) is 1. The maximum atomic E-state index is 13.0. The molecule has 1 amide bonds. The Labute approximate surface area is 180 Å². The Balaban J connectivity index is 1.82. The van der Waals surface area contributed by atoms with Crippen molar-refractivity contribution in [2.45, 2.75) is 0 Å². The van der Waals surface area contributed by atoms with Crippen molar-refractivity contribution in [3.63, 3.8) is 0 Å². The average molecular weight is 451 g/mol. The number of nitrogens with one attached hydrogen (secondary N) is 1. The number of methoxy groups -OCH3 is 2. The van der Waals surface area contributed by atoms with E-state index in [0.29, 0.717) is 27.1 Å². The summed E-state index contributed by atoms with van der Waals surface area (Å²) in [7, 11) is 2.68. The molecule has 0 radical (unpaired) electrons. The fourth-order valence-corrected chi connectivity index (χ4v) is 3.53. The number of amides is 1. The Kier molecular flexibility index (Phi) is 6.96. The molecule has 3 rings (SSSR count). The van der Waals surface area contributed by atoms with Gasteiger partial charge in [0.25, 0.3) is 5.91 Å². The zero-order valence-electron chi connectivity index (χ0n) is 15.9. The summed E-state index contributed by atoms with van der Waals surface area (Å²) in [5, 5.41) is 3.22. The molecule has 0 atom stereocenters. The molecule has 0 aromatic heterocycles. The van der Waals surface area contributed by atoms with E-state index in [4.69, 9.17) is 21.1 Å². The molecule has 0 bridgehead atoms. The number of carbonyl (C=O) groups excluding carboxylic acids is 2. The first kappa shape index (κ1) is 21.7. The van der Waals surface area contributed by atoms with Crippen LogP contribution in [0.4, 0.5) is 10.1 Å². The van der Waals surface area contributed by atoms with Crippen molar-refractivity contribution in [1.82, 2.24) is 5.32 Å². The fraction of sp³-hybridized carbons (Fsp3) is 0.150. The van der Waals surface area contributed by atoms with Crippen LogP contribution in [0, 0.1) is 5.82 Å². The van der Waals surface area contributed by atoms with Crippen molar-refractivity contribution in [3.8, 4) is 11.5 Å². The monoisotopic (exact) mass is 450 g/mol. The van der Waals surface area contributed by atoms with Gasteiger partial charge in [0.1, 0.15) is 5.82 Å². The zero-order chi connectivity index (χ0) is 21.7. The lowest BCUT2D eigenvalue weighted by Gasteiger charge is -2.12. The van der Waals surface area contributed by atoms with Gasteiger partial charge in [0.2, 0.25) is 0 Å². The smallest absolute Gasteiger partial charge is 0.343 e. The Morgan fingerprint density at radius 1 is 1.27 bits per heavy atom. The number of thioether (sulfide) groups is 1. The number of halogens is 2. The molecule has 0 saturated carbocycles. The van der Waals surface area contributed by atoms with Crippen molar-refractivity contribution in [2.24, 2.45) is 4.99 Å². The molecule has 0 spiro atoms. The molecule has 1 fully saturated rings. The topological polar surface area (TPSA) is 86.2 Å². The SMILES string of the molecule is COC(=O)COc1c(Cl)cc(/C=C2/SC(=Nc3ccc(F)cc3)NC2=O)cc1OC. The summed E-state index contributed by atoms with van der Waals surface area (Å²) in [6.07, 6.45) is 1.62. The Bertz CT molecular complexity index is 1040. The van der Waals surface area contributed by atoms with E-state index >= 15 is 0 Å². The van der Waals surface area contributed by atoms with Crippen LogP contribution in [0.25, 0.3) is 6.08 Å². The summed E-state index contributed by atoms with van der Waals surface area (Å²) in [4.78, 5) is 28.2. The standard InChI is InChI=1S/C20H16ClFN2O5S/c1-27-15-8-11(7-14(21)18(15)29-10-17(25)28-2)9-16-19(26)24-20(30-16)23-13-5-3-12(22)4-6-13/h3-9H,10H2,1-2H3,(H,23,24,26)/b16-9+. The number of amidine groups is 1. The Morgan fingerprint density at radius 3 is 2.67 bits per heavy atom. The van der Waals surface area contributed by atoms with E-state index in [0.717, 1.165) is 11.8 Å². The maximum Gasteiger partial charge on any atom is 0.343 e. The minimum Gasteiger partial charge on any atom is -0.493 e. The van der Waals surface area contributed by atoms with Crippen LogP contribution in [0.5, 0.6) is 11.5 Å².